The SMILES string of the molecule is CC(C#N)CN(C)c1nc2sccn2c1CCl. The summed E-state index contributed by atoms with van der Waals surface area (Å²) in [6.07, 6.45) is 1.97. The zero-order valence-corrected chi connectivity index (χ0v) is 11.3. The molecule has 2 aromatic heterocycles. The van der Waals surface area contributed by atoms with Crippen molar-refractivity contribution < 1.29 is 0 Å². The number of anilines is 1. The highest BCUT2D eigenvalue weighted by Crippen LogP contribution is 2.25. The number of halogens is 1. The largest absolute Gasteiger partial charge is 0.357 e. The molecule has 0 radical (unpaired) electrons. The van der Waals surface area contributed by atoms with Crippen molar-refractivity contribution in [3.63, 3.8) is 0 Å². The molecule has 0 aliphatic carbocycles. The minimum Gasteiger partial charge on any atom is -0.357 e. The van der Waals surface area contributed by atoms with Gasteiger partial charge in [-0.2, -0.15) is 5.26 Å². The monoisotopic (exact) mass is 268 g/mol. The number of hydrogen-bond donors (Lipinski definition) is 0. The number of imidazole rings is 1. The molecule has 2 heterocycles. The van der Waals surface area contributed by atoms with Gasteiger partial charge >= 0.3 is 0 Å². The average Bonchev–Trinajstić information content (AvgIpc) is 2.87. The fraction of sp³-hybridized carbons (Fsp3) is 0.455. The van der Waals surface area contributed by atoms with E-state index in [0.29, 0.717) is 12.4 Å². The van der Waals surface area contributed by atoms with E-state index in [2.05, 4.69) is 11.1 Å². The third-order valence-electron chi connectivity index (χ3n) is 2.60. The lowest BCUT2D eigenvalue weighted by atomic mass is 10.2. The maximum atomic E-state index is 8.83. The second-order valence-electron chi connectivity index (χ2n) is 3.98. The van der Waals surface area contributed by atoms with Gasteiger partial charge in [-0.25, -0.2) is 4.98 Å². The summed E-state index contributed by atoms with van der Waals surface area (Å²) >= 11 is 7.56. The highest BCUT2D eigenvalue weighted by atomic mass is 35.5. The lowest BCUT2D eigenvalue weighted by Crippen LogP contribution is -2.24. The molecule has 0 amide bonds. The van der Waals surface area contributed by atoms with Crippen LogP contribution in [-0.2, 0) is 5.88 Å². The molecule has 4 nitrogen and oxygen atoms in total. The predicted molar refractivity (Wildman–Crippen MR) is 70.7 cm³/mol. The molecule has 2 rings (SSSR count). The van der Waals surface area contributed by atoms with Crippen molar-refractivity contribution in [1.82, 2.24) is 9.38 Å². The Morgan fingerprint density at radius 3 is 3.12 bits per heavy atom. The standard InChI is InChI=1S/C11H13ClN4S/c1-8(6-13)7-15(2)10-9(5-12)16-3-4-17-11(16)14-10/h3-4,8H,5,7H2,1-2H3. The quantitative estimate of drug-likeness (QED) is 0.801. The predicted octanol–water partition coefficient (Wildman–Crippen LogP) is 2.73. The summed E-state index contributed by atoms with van der Waals surface area (Å²) in [5, 5.41) is 10.8. The first-order valence-corrected chi connectivity index (χ1v) is 6.70. The Morgan fingerprint density at radius 1 is 1.71 bits per heavy atom. The molecule has 6 heteroatoms. The number of fused-ring (bicyclic) bond motifs is 1. The lowest BCUT2D eigenvalue weighted by molar-refractivity contribution is 0.709. The summed E-state index contributed by atoms with van der Waals surface area (Å²) in [6.45, 7) is 2.56. The molecule has 0 fully saturated rings. The van der Waals surface area contributed by atoms with Crippen LogP contribution in [-0.4, -0.2) is 23.0 Å². The summed E-state index contributed by atoms with van der Waals surface area (Å²) in [6, 6.07) is 2.22. The van der Waals surface area contributed by atoms with E-state index in [1.54, 1.807) is 11.3 Å². The van der Waals surface area contributed by atoms with Gasteiger partial charge in [-0.1, -0.05) is 0 Å². The second kappa shape index (κ2) is 4.94. The molecule has 0 aliphatic rings. The molecule has 1 unspecified atom stereocenters. The Kier molecular flexibility index (Phi) is 3.55. The lowest BCUT2D eigenvalue weighted by Gasteiger charge is -2.18. The number of rotatable bonds is 4. The Labute approximate surface area is 109 Å². The molecule has 0 bridgehead atoms. The molecule has 0 saturated heterocycles. The molecule has 2 aromatic rings. The first kappa shape index (κ1) is 12.2. The van der Waals surface area contributed by atoms with Gasteiger partial charge in [0.2, 0.25) is 0 Å². The topological polar surface area (TPSA) is 44.3 Å². The second-order valence-corrected chi connectivity index (χ2v) is 5.12. The molecule has 0 saturated carbocycles. The van der Waals surface area contributed by atoms with E-state index in [1.165, 1.54) is 0 Å². The number of thiazole rings is 1. The van der Waals surface area contributed by atoms with Gasteiger partial charge in [0.1, 0.15) is 0 Å². The van der Waals surface area contributed by atoms with Crippen LogP contribution in [0.25, 0.3) is 4.96 Å². The molecule has 0 aliphatic heterocycles. The Balaban J connectivity index is 2.34. The van der Waals surface area contributed by atoms with E-state index in [1.807, 2.05) is 34.8 Å². The molecule has 1 atom stereocenters. The summed E-state index contributed by atoms with van der Waals surface area (Å²) in [4.78, 5) is 7.47. The van der Waals surface area contributed by atoms with Gasteiger partial charge in [0.05, 0.1) is 23.6 Å². The van der Waals surface area contributed by atoms with Crippen LogP contribution in [0.2, 0.25) is 0 Å². The maximum Gasteiger partial charge on any atom is 0.195 e. The van der Waals surface area contributed by atoms with Gasteiger partial charge in [0.15, 0.2) is 10.8 Å². The minimum atomic E-state index is -0.0251. The summed E-state index contributed by atoms with van der Waals surface area (Å²) in [7, 11) is 1.94. The van der Waals surface area contributed by atoms with E-state index in [0.717, 1.165) is 16.5 Å². The number of nitriles is 1. The summed E-state index contributed by atoms with van der Waals surface area (Å²) in [5.41, 5.74) is 0.982. The van der Waals surface area contributed by atoms with Gasteiger partial charge in [-0.15, -0.1) is 22.9 Å². The zero-order valence-electron chi connectivity index (χ0n) is 9.72. The van der Waals surface area contributed by atoms with Gasteiger partial charge in [0.25, 0.3) is 0 Å². The van der Waals surface area contributed by atoms with E-state index in [-0.39, 0.29) is 5.92 Å². The van der Waals surface area contributed by atoms with E-state index >= 15 is 0 Å². The van der Waals surface area contributed by atoms with Gasteiger partial charge in [-0.3, -0.25) is 4.40 Å². The van der Waals surface area contributed by atoms with Crippen molar-refractivity contribution in [3.8, 4) is 6.07 Å². The molecule has 90 valence electrons. The van der Waals surface area contributed by atoms with Crippen molar-refractivity contribution in [1.29, 1.82) is 5.26 Å². The minimum absolute atomic E-state index is 0.0251. The van der Waals surface area contributed by atoms with Gasteiger partial charge in [0, 0.05) is 25.2 Å². The fourth-order valence-corrected chi connectivity index (χ4v) is 2.77. The van der Waals surface area contributed by atoms with Crippen LogP contribution >= 0.6 is 22.9 Å². The van der Waals surface area contributed by atoms with Crippen LogP contribution in [0.15, 0.2) is 11.6 Å². The van der Waals surface area contributed by atoms with Crippen LogP contribution in [0.5, 0.6) is 0 Å². The Hall–Kier alpha value is -1.25. The average molecular weight is 269 g/mol. The fourth-order valence-electron chi connectivity index (χ4n) is 1.79. The molecule has 0 aromatic carbocycles. The smallest absolute Gasteiger partial charge is 0.195 e. The highest BCUT2D eigenvalue weighted by molar-refractivity contribution is 7.15. The van der Waals surface area contributed by atoms with Crippen LogP contribution in [0.1, 0.15) is 12.6 Å². The van der Waals surface area contributed by atoms with Gasteiger partial charge < -0.3 is 4.90 Å². The third kappa shape index (κ3) is 2.24. The van der Waals surface area contributed by atoms with Gasteiger partial charge in [-0.05, 0) is 6.92 Å². The van der Waals surface area contributed by atoms with Crippen LogP contribution in [0, 0.1) is 17.2 Å². The summed E-state index contributed by atoms with van der Waals surface area (Å²) < 4.78 is 2.00. The first-order valence-electron chi connectivity index (χ1n) is 5.28. The molecule has 0 N–H and O–H groups in total. The third-order valence-corrected chi connectivity index (χ3v) is 3.61. The Morgan fingerprint density at radius 2 is 2.47 bits per heavy atom. The highest BCUT2D eigenvalue weighted by Gasteiger charge is 2.17. The van der Waals surface area contributed by atoms with Crippen LogP contribution < -0.4 is 4.90 Å². The van der Waals surface area contributed by atoms with Crippen molar-refractivity contribution in [2.24, 2.45) is 5.92 Å². The maximum absolute atomic E-state index is 8.83. The van der Waals surface area contributed by atoms with E-state index < -0.39 is 0 Å². The van der Waals surface area contributed by atoms with Crippen molar-refractivity contribution in [2.75, 3.05) is 18.5 Å². The van der Waals surface area contributed by atoms with E-state index in [9.17, 15) is 0 Å². The molecular formula is C11H13ClN4S. The molecular weight excluding hydrogens is 256 g/mol. The zero-order chi connectivity index (χ0) is 12.4. The molecule has 17 heavy (non-hydrogen) atoms. The number of alkyl halides is 1. The number of aromatic nitrogens is 2. The van der Waals surface area contributed by atoms with Crippen molar-refractivity contribution >= 4 is 33.7 Å². The first-order chi connectivity index (χ1) is 8.17. The normalized spacial score (nSPS) is 12.6. The van der Waals surface area contributed by atoms with E-state index in [4.69, 9.17) is 16.9 Å². The molecule has 0 spiro atoms. The van der Waals surface area contributed by atoms with Crippen molar-refractivity contribution in [2.45, 2.75) is 12.8 Å². The number of nitrogens with zero attached hydrogens (tertiary/aromatic N) is 4. The summed E-state index contributed by atoms with van der Waals surface area (Å²) in [5.74, 6) is 1.26. The Bertz CT molecular complexity index is 553. The van der Waals surface area contributed by atoms with Crippen molar-refractivity contribution in [3.05, 3.63) is 17.3 Å². The van der Waals surface area contributed by atoms with Crippen LogP contribution in [0.4, 0.5) is 5.82 Å². The van der Waals surface area contributed by atoms with Crippen LogP contribution in [0.3, 0.4) is 0 Å². The number of hydrogen-bond acceptors (Lipinski definition) is 4.